The average Bonchev–Trinajstić information content (AvgIpc) is 2.58. The van der Waals surface area contributed by atoms with Crippen LogP contribution in [0.4, 0.5) is 13.2 Å². The predicted octanol–water partition coefficient (Wildman–Crippen LogP) is 3.28. The summed E-state index contributed by atoms with van der Waals surface area (Å²) in [6.07, 6.45) is -5.06. The van der Waals surface area contributed by atoms with Crippen molar-refractivity contribution >= 4 is 5.91 Å². The third-order valence-corrected chi connectivity index (χ3v) is 3.53. The van der Waals surface area contributed by atoms with Crippen molar-refractivity contribution in [1.29, 1.82) is 0 Å². The molecule has 0 aliphatic carbocycles. The molecule has 0 spiro atoms. The zero-order chi connectivity index (χ0) is 17.2. The number of alkyl halides is 3. The first-order valence-corrected chi connectivity index (χ1v) is 7.28. The van der Waals surface area contributed by atoms with Crippen molar-refractivity contribution in [2.24, 2.45) is 0 Å². The number of halogens is 3. The highest BCUT2D eigenvalue weighted by molar-refractivity contribution is 5.95. The van der Waals surface area contributed by atoms with Crippen molar-refractivity contribution in [2.75, 3.05) is 13.2 Å². The molecule has 0 bridgehead atoms. The highest BCUT2D eigenvalue weighted by atomic mass is 19.4. The Morgan fingerprint density at radius 1 is 1.08 bits per heavy atom. The summed E-state index contributed by atoms with van der Waals surface area (Å²) >= 11 is 0. The SMILES string of the molecule is O=C(NC[C@@H]1COc2ccccc2O1)c1ccccc1C(F)(F)F. The van der Waals surface area contributed by atoms with Crippen LogP contribution in [0.1, 0.15) is 15.9 Å². The van der Waals surface area contributed by atoms with Crippen molar-refractivity contribution < 1.29 is 27.4 Å². The third-order valence-electron chi connectivity index (χ3n) is 3.53. The lowest BCUT2D eigenvalue weighted by Crippen LogP contribution is -2.41. The molecule has 1 N–H and O–H groups in total. The summed E-state index contributed by atoms with van der Waals surface area (Å²) in [5, 5.41) is 2.47. The fourth-order valence-electron chi connectivity index (χ4n) is 2.39. The Kier molecular flexibility index (Phi) is 4.33. The smallest absolute Gasteiger partial charge is 0.417 e. The Hall–Kier alpha value is -2.70. The normalized spacial score (nSPS) is 16.5. The molecule has 0 aromatic heterocycles. The van der Waals surface area contributed by atoms with Gasteiger partial charge >= 0.3 is 6.18 Å². The van der Waals surface area contributed by atoms with Gasteiger partial charge in [-0.05, 0) is 24.3 Å². The number of rotatable bonds is 3. The van der Waals surface area contributed by atoms with Crippen LogP contribution >= 0.6 is 0 Å². The summed E-state index contributed by atoms with van der Waals surface area (Å²) < 4.78 is 50.0. The van der Waals surface area contributed by atoms with E-state index in [0.717, 1.165) is 12.1 Å². The van der Waals surface area contributed by atoms with Gasteiger partial charge in [-0.2, -0.15) is 13.2 Å². The lowest BCUT2D eigenvalue weighted by atomic mass is 10.1. The minimum atomic E-state index is -4.59. The van der Waals surface area contributed by atoms with Crippen molar-refractivity contribution in [2.45, 2.75) is 12.3 Å². The summed E-state index contributed by atoms with van der Waals surface area (Å²) in [5.41, 5.74) is -1.38. The standard InChI is InChI=1S/C17H14F3NO3/c18-17(19,20)13-6-2-1-5-12(13)16(22)21-9-11-10-23-14-7-3-4-8-15(14)24-11/h1-8,11H,9-10H2,(H,21,22)/t11-/m1/s1. The molecule has 1 atom stereocenters. The lowest BCUT2D eigenvalue weighted by molar-refractivity contribution is -0.137. The van der Waals surface area contributed by atoms with Gasteiger partial charge in [0.15, 0.2) is 11.5 Å². The number of ether oxygens (including phenoxy) is 2. The number of amides is 1. The zero-order valence-electron chi connectivity index (χ0n) is 12.5. The van der Waals surface area contributed by atoms with Crippen molar-refractivity contribution in [1.82, 2.24) is 5.32 Å². The molecule has 0 radical (unpaired) electrons. The summed E-state index contributed by atoms with van der Waals surface area (Å²) in [4.78, 5) is 12.1. The van der Waals surface area contributed by atoms with E-state index < -0.39 is 29.3 Å². The molecule has 2 aromatic carbocycles. The molecule has 0 fully saturated rings. The Labute approximate surface area is 136 Å². The van der Waals surface area contributed by atoms with E-state index in [1.165, 1.54) is 12.1 Å². The van der Waals surface area contributed by atoms with E-state index in [9.17, 15) is 18.0 Å². The molecule has 0 unspecified atom stereocenters. The molecular weight excluding hydrogens is 323 g/mol. The highest BCUT2D eigenvalue weighted by Crippen LogP contribution is 2.32. The van der Waals surface area contributed by atoms with Gasteiger partial charge in [0.05, 0.1) is 17.7 Å². The maximum Gasteiger partial charge on any atom is 0.417 e. The molecule has 3 rings (SSSR count). The number of fused-ring (bicyclic) bond motifs is 1. The van der Waals surface area contributed by atoms with Crippen LogP contribution in [-0.4, -0.2) is 25.2 Å². The first-order valence-electron chi connectivity index (χ1n) is 7.28. The van der Waals surface area contributed by atoms with E-state index in [2.05, 4.69) is 5.32 Å². The number of para-hydroxylation sites is 2. The van der Waals surface area contributed by atoms with Crippen molar-refractivity contribution in [3.05, 3.63) is 59.7 Å². The van der Waals surface area contributed by atoms with Crippen molar-refractivity contribution in [3.63, 3.8) is 0 Å². The van der Waals surface area contributed by atoms with Gasteiger partial charge in [0.2, 0.25) is 0 Å². The largest absolute Gasteiger partial charge is 0.486 e. The Bertz CT molecular complexity index is 746. The predicted molar refractivity (Wildman–Crippen MR) is 80.1 cm³/mol. The van der Waals surface area contributed by atoms with Gasteiger partial charge in [0.1, 0.15) is 12.7 Å². The number of nitrogens with one attached hydrogen (secondary N) is 1. The maximum atomic E-state index is 12.9. The molecule has 0 saturated heterocycles. The maximum absolute atomic E-state index is 12.9. The molecule has 1 heterocycles. The van der Waals surface area contributed by atoms with Crippen molar-refractivity contribution in [3.8, 4) is 11.5 Å². The summed E-state index contributed by atoms with van der Waals surface area (Å²) in [6, 6.07) is 11.7. The number of benzene rings is 2. The summed E-state index contributed by atoms with van der Waals surface area (Å²) in [7, 11) is 0. The van der Waals surface area contributed by atoms with Crippen LogP contribution in [0.25, 0.3) is 0 Å². The second-order valence-corrected chi connectivity index (χ2v) is 5.25. The first kappa shape index (κ1) is 16.2. The van der Waals surface area contributed by atoms with E-state index in [0.29, 0.717) is 11.5 Å². The second-order valence-electron chi connectivity index (χ2n) is 5.25. The summed E-state index contributed by atoms with van der Waals surface area (Å²) in [5.74, 6) is 0.339. The molecule has 0 saturated carbocycles. The van der Waals surface area contributed by atoms with Crippen LogP contribution < -0.4 is 14.8 Å². The quantitative estimate of drug-likeness (QED) is 0.935. The minimum Gasteiger partial charge on any atom is -0.486 e. The molecule has 7 heteroatoms. The van der Waals surface area contributed by atoms with Crippen LogP contribution in [0.15, 0.2) is 48.5 Å². The topological polar surface area (TPSA) is 47.6 Å². The Balaban J connectivity index is 1.65. The number of carbonyl (C=O) groups is 1. The Morgan fingerprint density at radius 2 is 1.75 bits per heavy atom. The molecular formula is C17H14F3NO3. The molecule has 4 nitrogen and oxygen atoms in total. The van der Waals surface area contributed by atoms with Crippen LogP contribution in [0.5, 0.6) is 11.5 Å². The molecule has 24 heavy (non-hydrogen) atoms. The van der Waals surface area contributed by atoms with E-state index in [1.807, 2.05) is 0 Å². The molecule has 126 valence electrons. The fourth-order valence-corrected chi connectivity index (χ4v) is 2.39. The zero-order valence-corrected chi connectivity index (χ0v) is 12.5. The first-order chi connectivity index (χ1) is 11.4. The number of carbonyl (C=O) groups excluding carboxylic acids is 1. The van der Waals surface area contributed by atoms with Gasteiger partial charge in [-0.1, -0.05) is 24.3 Å². The molecule has 1 aliphatic rings. The molecule has 1 amide bonds. The van der Waals surface area contributed by atoms with E-state index in [-0.39, 0.29) is 13.2 Å². The minimum absolute atomic E-state index is 0.0410. The van der Waals surface area contributed by atoms with Gasteiger partial charge in [-0.25, -0.2) is 0 Å². The van der Waals surface area contributed by atoms with Gasteiger partial charge < -0.3 is 14.8 Å². The van der Waals surface area contributed by atoms with Crippen LogP contribution in [0.3, 0.4) is 0 Å². The van der Waals surface area contributed by atoms with Gasteiger partial charge in [0.25, 0.3) is 5.91 Å². The lowest BCUT2D eigenvalue weighted by Gasteiger charge is -2.26. The van der Waals surface area contributed by atoms with E-state index >= 15 is 0 Å². The monoisotopic (exact) mass is 337 g/mol. The van der Waals surface area contributed by atoms with Crippen LogP contribution in [0, 0.1) is 0 Å². The molecule has 2 aromatic rings. The number of hydrogen-bond donors (Lipinski definition) is 1. The Morgan fingerprint density at radius 3 is 2.50 bits per heavy atom. The second kappa shape index (κ2) is 6.43. The van der Waals surface area contributed by atoms with Gasteiger partial charge in [0, 0.05) is 0 Å². The summed E-state index contributed by atoms with van der Waals surface area (Å²) in [6.45, 7) is 0.248. The van der Waals surface area contributed by atoms with E-state index in [4.69, 9.17) is 9.47 Å². The van der Waals surface area contributed by atoms with Gasteiger partial charge in [-0.3, -0.25) is 4.79 Å². The van der Waals surface area contributed by atoms with E-state index in [1.54, 1.807) is 24.3 Å². The van der Waals surface area contributed by atoms with Gasteiger partial charge in [-0.15, -0.1) is 0 Å². The highest BCUT2D eigenvalue weighted by Gasteiger charge is 2.35. The molecule has 1 aliphatic heterocycles. The third kappa shape index (κ3) is 3.45. The number of hydrogen-bond acceptors (Lipinski definition) is 3. The average molecular weight is 337 g/mol. The fraction of sp³-hybridized carbons (Fsp3) is 0.235. The van der Waals surface area contributed by atoms with Crippen LogP contribution in [-0.2, 0) is 6.18 Å². The van der Waals surface area contributed by atoms with Crippen LogP contribution in [0.2, 0.25) is 0 Å².